The first-order valence-electron chi connectivity index (χ1n) is 8.72. The van der Waals surface area contributed by atoms with Crippen molar-refractivity contribution in [3.05, 3.63) is 46.1 Å². The lowest BCUT2D eigenvalue weighted by Gasteiger charge is -2.36. The van der Waals surface area contributed by atoms with Crippen molar-refractivity contribution in [3.63, 3.8) is 0 Å². The Kier molecular flexibility index (Phi) is 8.46. The molecule has 1 fully saturated rings. The van der Waals surface area contributed by atoms with E-state index in [1.54, 1.807) is 29.2 Å². The van der Waals surface area contributed by atoms with Gasteiger partial charge in [-0.15, -0.1) is 0 Å². The molecular formula is C19H23BrN2O6. The summed E-state index contributed by atoms with van der Waals surface area (Å²) < 4.78 is 15.6. The van der Waals surface area contributed by atoms with Crippen LogP contribution in [0.2, 0.25) is 0 Å². The number of rotatable bonds is 7. The normalized spacial score (nSPS) is 15.1. The molecule has 1 aliphatic rings. The molecule has 9 heteroatoms. The van der Waals surface area contributed by atoms with E-state index in [2.05, 4.69) is 25.6 Å². The van der Waals surface area contributed by atoms with E-state index in [1.165, 1.54) is 14.2 Å². The van der Waals surface area contributed by atoms with Crippen LogP contribution in [0.3, 0.4) is 0 Å². The smallest absolute Gasteiger partial charge is 0.354 e. The Labute approximate surface area is 172 Å². The van der Waals surface area contributed by atoms with Crippen LogP contribution in [-0.2, 0) is 23.8 Å². The zero-order chi connectivity index (χ0) is 20.5. The summed E-state index contributed by atoms with van der Waals surface area (Å²) in [5.41, 5.74) is 0.680. The van der Waals surface area contributed by atoms with Gasteiger partial charge in [0.05, 0.1) is 25.9 Å². The van der Waals surface area contributed by atoms with Gasteiger partial charge in [-0.3, -0.25) is 4.90 Å². The summed E-state index contributed by atoms with van der Waals surface area (Å²) in [6, 6.07) is 6.98. The van der Waals surface area contributed by atoms with E-state index in [4.69, 9.17) is 9.47 Å². The third kappa shape index (κ3) is 6.35. The lowest BCUT2D eigenvalue weighted by Crippen LogP contribution is -2.48. The molecule has 152 valence electrons. The average molecular weight is 455 g/mol. The first kappa shape index (κ1) is 21.9. The molecule has 2 rings (SSSR count). The molecule has 1 saturated heterocycles. The molecule has 0 unspecified atom stereocenters. The number of carbonyl (C=O) groups excluding carboxylic acids is 3. The highest BCUT2D eigenvalue weighted by Crippen LogP contribution is 2.13. The summed E-state index contributed by atoms with van der Waals surface area (Å²) in [6.45, 7) is 3.26. The molecule has 1 aliphatic heterocycles. The van der Waals surface area contributed by atoms with Gasteiger partial charge in [-0.1, -0.05) is 15.9 Å². The van der Waals surface area contributed by atoms with E-state index in [9.17, 15) is 14.4 Å². The van der Waals surface area contributed by atoms with Gasteiger partial charge in [-0.25, -0.2) is 14.4 Å². The molecule has 0 N–H and O–H groups in total. The highest BCUT2D eigenvalue weighted by molar-refractivity contribution is 9.10. The van der Waals surface area contributed by atoms with Crippen molar-refractivity contribution in [2.24, 2.45) is 0 Å². The largest absolute Gasteiger partial charge is 0.466 e. The maximum atomic E-state index is 12.0. The Hall–Kier alpha value is -2.39. The van der Waals surface area contributed by atoms with Crippen molar-refractivity contribution < 1.29 is 28.6 Å². The van der Waals surface area contributed by atoms with Crippen LogP contribution in [-0.4, -0.2) is 81.3 Å². The zero-order valence-corrected chi connectivity index (χ0v) is 17.4. The fraction of sp³-hybridized carbons (Fsp3) is 0.421. The molecule has 0 bridgehead atoms. The quantitative estimate of drug-likeness (QED) is 0.347. The van der Waals surface area contributed by atoms with Crippen LogP contribution in [0.5, 0.6) is 0 Å². The number of nitrogens with zero attached hydrogens (tertiary/aromatic N) is 2. The second-order valence-electron chi connectivity index (χ2n) is 6.02. The first-order chi connectivity index (χ1) is 13.4. The van der Waals surface area contributed by atoms with Crippen LogP contribution >= 0.6 is 15.9 Å². The molecule has 0 amide bonds. The van der Waals surface area contributed by atoms with Gasteiger partial charge in [-0.2, -0.15) is 0 Å². The number of ether oxygens (including phenoxy) is 3. The molecule has 0 spiro atoms. The monoisotopic (exact) mass is 454 g/mol. The SMILES string of the molecule is COC(=O)/C=C(\C(=O)OC)N1CCN(CCOC(=O)c2ccc(Br)cc2)CC1. The van der Waals surface area contributed by atoms with Gasteiger partial charge in [0, 0.05) is 37.2 Å². The van der Waals surface area contributed by atoms with Crippen LogP contribution < -0.4 is 0 Å². The van der Waals surface area contributed by atoms with Crippen molar-refractivity contribution in [3.8, 4) is 0 Å². The van der Waals surface area contributed by atoms with Crippen molar-refractivity contribution in [2.45, 2.75) is 0 Å². The van der Waals surface area contributed by atoms with E-state index in [0.29, 0.717) is 38.3 Å². The molecule has 0 aromatic heterocycles. The Bertz CT molecular complexity index is 726. The van der Waals surface area contributed by atoms with Crippen molar-refractivity contribution in [2.75, 3.05) is 53.6 Å². The summed E-state index contributed by atoms with van der Waals surface area (Å²) in [4.78, 5) is 39.3. The molecular weight excluding hydrogens is 432 g/mol. The zero-order valence-electron chi connectivity index (χ0n) is 15.9. The van der Waals surface area contributed by atoms with Crippen molar-refractivity contribution in [1.29, 1.82) is 0 Å². The van der Waals surface area contributed by atoms with Gasteiger partial charge >= 0.3 is 17.9 Å². The van der Waals surface area contributed by atoms with Crippen LogP contribution in [0.25, 0.3) is 0 Å². The van der Waals surface area contributed by atoms with Gasteiger partial charge < -0.3 is 19.1 Å². The predicted molar refractivity (Wildman–Crippen MR) is 105 cm³/mol. The summed E-state index contributed by atoms with van der Waals surface area (Å²) in [6.07, 6.45) is 1.14. The number of halogens is 1. The highest BCUT2D eigenvalue weighted by Gasteiger charge is 2.24. The highest BCUT2D eigenvalue weighted by atomic mass is 79.9. The standard InChI is InChI=1S/C19H23BrN2O6/c1-26-17(23)13-16(19(25)27-2)22-9-7-21(8-10-22)11-12-28-18(24)14-3-5-15(20)6-4-14/h3-6,13H,7-12H2,1-2H3/b16-13+. The molecule has 1 heterocycles. The molecule has 0 saturated carbocycles. The minimum atomic E-state index is -0.609. The second-order valence-corrected chi connectivity index (χ2v) is 6.93. The summed E-state index contributed by atoms with van der Waals surface area (Å²) >= 11 is 3.32. The molecule has 28 heavy (non-hydrogen) atoms. The topological polar surface area (TPSA) is 85.4 Å². The molecule has 1 aromatic rings. The van der Waals surface area contributed by atoms with E-state index < -0.39 is 11.9 Å². The minimum Gasteiger partial charge on any atom is -0.466 e. The lowest BCUT2D eigenvalue weighted by molar-refractivity contribution is -0.140. The minimum absolute atomic E-state index is 0.177. The van der Waals surface area contributed by atoms with Crippen LogP contribution in [0.4, 0.5) is 0 Å². The number of benzene rings is 1. The van der Waals surface area contributed by atoms with Crippen LogP contribution in [0.1, 0.15) is 10.4 Å². The van der Waals surface area contributed by atoms with Gasteiger partial charge in [-0.05, 0) is 24.3 Å². The second kappa shape index (κ2) is 10.8. The Balaban J connectivity index is 1.80. The third-order valence-electron chi connectivity index (χ3n) is 4.28. The number of hydrogen-bond acceptors (Lipinski definition) is 8. The summed E-state index contributed by atoms with van der Waals surface area (Å²) in [5, 5.41) is 0. The maximum absolute atomic E-state index is 12.0. The number of carbonyl (C=O) groups is 3. The third-order valence-corrected chi connectivity index (χ3v) is 4.81. The number of esters is 3. The first-order valence-corrected chi connectivity index (χ1v) is 9.52. The molecule has 0 aliphatic carbocycles. The van der Waals surface area contributed by atoms with Gasteiger partial charge in [0.15, 0.2) is 0 Å². The lowest BCUT2D eigenvalue weighted by atomic mass is 10.2. The Morgan fingerprint density at radius 1 is 1.04 bits per heavy atom. The molecule has 0 atom stereocenters. The predicted octanol–water partition coefficient (Wildman–Crippen LogP) is 1.45. The summed E-state index contributed by atoms with van der Waals surface area (Å²) in [7, 11) is 2.52. The van der Waals surface area contributed by atoms with Gasteiger partial charge in [0.25, 0.3) is 0 Å². The van der Waals surface area contributed by atoms with Crippen LogP contribution in [0, 0.1) is 0 Å². The average Bonchev–Trinajstić information content (AvgIpc) is 2.72. The number of methoxy groups -OCH3 is 2. The number of hydrogen-bond donors (Lipinski definition) is 0. The molecule has 8 nitrogen and oxygen atoms in total. The van der Waals surface area contributed by atoms with Gasteiger partial charge in [0.2, 0.25) is 0 Å². The van der Waals surface area contributed by atoms with E-state index >= 15 is 0 Å². The van der Waals surface area contributed by atoms with Crippen molar-refractivity contribution in [1.82, 2.24) is 9.80 Å². The van der Waals surface area contributed by atoms with E-state index in [1.807, 2.05) is 0 Å². The van der Waals surface area contributed by atoms with Gasteiger partial charge in [0.1, 0.15) is 12.3 Å². The fourth-order valence-electron chi connectivity index (χ4n) is 2.70. The maximum Gasteiger partial charge on any atom is 0.354 e. The molecule has 0 radical (unpaired) electrons. The fourth-order valence-corrected chi connectivity index (χ4v) is 2.97. The Morgan fingerprint density at radius 2 is 1.68 bits per heavy atom. The van der Waals surface area contributed by atoms with Crippen LogP contribution in [0.15, 0.2) is 40.5 Å². The number of piperazine rings is 1. The van der Waals surface area contributed by atoms with E-state index in [-0.39, 0.29) is 18.3 Å². The van der Waals surface area contributed by atoms with E-state index in [0.717, 1.165) is 10.5 Å². The summed E-state index contributed by atoms with van der Waals surface area (Å²) in [5.74, 6) is -1.55. The van der Waals surface area contributed by atoms with Crippen molar-refractivity contribution >= 4 is 33.8 Å². The molecule has 1 aromatic carbocycles. The Morgan fingerprint density at radius 3 is 2.25 bits per heavy atom.